The van der Waals surface area contributed by atoms with Crippen molar-refractivity contribution in [1.82, 2.24) is 12.3 Å². The molecule has 0 aliphatic carbocycles. The van der Waals surface area contributed by atoms with E-state index in [4.69, 9.17) is 0 Å². The molecule has 0 saturated heterocycles. The molecule has 0 bridgehead atoms. The zero-order valence-electron chi connectivity index (χ0n) is 1.97. The second kappa shape index (κ2) is 36.4. The molecule has 0 aliphatic rings. The second-order valence-electron chi connectivity index (χ2n) is 0. The van der Waals surface area contributed by atoms with Crippen LogP contribution in [0.3, 0.4) is 0 Å². The van der Waals surface area contributed by atoms with E-state index < -0.39 is 0 Å². The summed E-state index contributed by atoms with van der Waals surface area (Å²) in [7, 11) is 0. The molecule has 34 valence electrons. The van der Waals surface area contributed by atoms with Crippen LogP contribution in [0.1, 0.15) is 0 Å². The van der Waals surface area contributed by atoms with Crippen LogP contribution in [0.5, 0.6) is 0 Å². The van der Waals surface area contributed by atoms with Crippen molar-refractivity contribution in [3.8, 4) is 0 Å². The van der Waals surface area contributed by atoms with Gasteiger partial charge in [-0.3, -0.25) is 0 Å². The van der Waals surface area contributed by atoms with Crippen LogP contribution in [-0.2, 0) is 21.1 Å². The van der Waals surface area contributed by atoms with Gasteiger partial charge in [0.15, 0.2) is 0 Å². The molecule has 0 amide bonds. The van der Waals surface area contributed by atoms with E-state index >= 15 is 0 Å². The van der Waals surface area contributed by atoms with Gasteiger partial charge in [0.25, 0.3) is 0 Å². The van der Waals surface area contributed by atoms with E-state index in [-0.39, 0.29) is 81.3 Å². The van der Waals surface area contributed by atoms with E-state index in [0.717, 1.165) is 0 Å². The first kappa shape index (κ1) is 60.8. The Labute approximate surface area is 80.3 Å². The molecule has 0 saturated carbocycles. The number of hydrogen-bond donors (Lipinski definition) is 0. The Hall–Kier alpha value is 2.07. The molecule has 6 radical (unpaired) electrons. The van der Waals surface area contributed by atoms with Crippen molar-refractivity contribution >= 4 is 0 Å². The summed E-state index contributed by atoms with van der Waals surface area (Å²) >= 11 is 0. The van der Waals surface area contributed by atoms with Crippen LogP contribution in [0.2, 0.25) is 0 Å². The summed E-state index contributed by atoms with van der Waals surface area (Å²) in [6.07, 6.45) is 0. The molecule has 0 aliphatic heterocycles. The van der Waals surface area contributed by atoms with Crippen molar-refractivity contribution in [2.24, 2.45) is 0 Å². The Bertz CT molecular complexity index is 7.61. The molecule has 0 rings (SSSR count). The first-order valence-electron chi connectivity index (χ1n) is 0. The van der Waals surface area contributed by atoms with Crippen molar-refractivity contribution < 1.29 is 69.0 Å². The van der Waals surface area contributed by atoms with Gasteiger partial charge in [0.1, 0.15) is 0 Å². The Balaban J connectivity index is 0. The predicted octanol–water partition coefficient (Wildman–Crippen LogP) is -6.96. The van der Waals surface area contributed by atoms with Crippen molar-refractivity contribution in [1.29, 1.82) is 0 Å². The standard InChI is InChI=1S/2HI.2N.Pt/h2*1H;;;/q;;;;+2/p-2. The molecule has 0 aromatic heterocycles. The summed E-state index contributed by atoms with van der Waals surface area (Å²) in [5, 5.41) is 0. The van der Waals surface area contributed by atoms with E-state index in [9.17, 15) is 0 Å². The summed E-state index contributed by atoms with van der Waals surface area (Å²) in [6, 6.07) is 0. The van der Waals surface area contributed by atoms with Crippen molar-refractivity contribution in [3.05, 3.63) is 0 Å². The molecule has 0 atom stereocenters. The maximum atomic E-state index is 0. The quantitative estimate of drug-likeness (QED) is 0.312. The maximum Gasteiger partial charge on any atom is 2.00 e. The Kier molecular flexibility index (Phi) is 443. The molecule has 0 spiro atoms. The van der Waals surface area contributed by atoms with Gasteiger partial charge in [-0.25, -0.2) is 0 Å². The molecule has 5 heteroatoms. The van der Waals surface area contributed by atoms with E-state index in [1.54, 1.807) is 0 Å². The summed E-state index contributed by atoms with van der Waals surface area (Å²) < 4.78 is 0. The van der Waals surface area contributed by atoms with Gasteiger partial charge in [-0.1, -0.05) is 0 Å². The van der Waals surface area contributed by atoms with Gasteiger partial charge in [-0.05, 0) is 0 Å². The minimum atomic E-state index is 0. The summed E-state index contributed by atoms with van der Waals surface area (Å²) in [5.41, 5.74) is 0. The maximum absolute atomic E-state index is 0. The third-order valence-electron chi connectivity index (χ3n) is 0. The van der Waals surface area contributed by atoms with Crippen LogP contribution in [0.15, 0.2) is 0 Å². The first-order chi connectivity index (χ1) is 0. The van der Waals surface area contributed by atoms with E-state index in [1.165, 1.54) is 0 Å². The van der Waals surface area contributed by atoms with E-state index in [0.29, 0.717) is 0 Å². The third-order valence-corrected chi connectivity index (χ3v) is 0. The summed E-state index contributed by atoms with van der Waals surface area (Å²) in [6.45, 7) is 0. The fourth-order valence-corrected chi connectivity index (χ4v) is 0. The minimum absolute atomic E-state index is 0. The molecule has 5 heavy (non-hydrogen) atoms. The molecule has 2 nitrogen and oxygen atoms in total. The molecular formula is I2N2Pt. The Morgan fingerprint density at radius 2 is 0.600 bits per heavy atom. The van der Waals surface area contributed by atoms with Gasteiger partial charge in [0.2, 0.25) is 0 Å². The fourth-order valence-electron chi connectivity index (χ4n) is 0. The summed E-state index contributed by atoms with van der Waals surface area (Å²) in [4.78, 5) is 0. The van der Waals surface area contributed by atoms with Crippen LogP contribution in [0.25, 0.3) is 0 Å². The van der Waals surface area contributed by atoms with Crippen LogP contribution >= 0.6 is 0 Å². The summed E-state index contributed by atoms with van der Waals surface area (Å²) in [5.74, 6) is 0. The predicted molar refractivity (Wildman–Crippen MR) is 4.27 cm³/mol. The zero-order chi connectivity index (χ0) is 0. The molecule has 0 N–H and O–H groups in total. The largest absolute Gasteiger partial charge is 2.00 e. The van der Waals surface area contributed by atoms with Gasteiger partial charge < -0.3 is 48.0 Å². The molecule has 0 fully saturated rings. The molecule has 0 aromatic rings. The minimum Gasteiger partial charge on any atom is -1.00 e. The average Bonchev–Trinajstić information content (AvgIpc) is 0. The second-order valence-corrected chi connectivity index (χ2v) is 0. The number of nitrogens with zero attached hydrogens (tertiary/aromatic N) is 2. The zero-order valence-corrected chi connectivity index (χ0v) is 8.55. The average molecular weight is 477 g/mol. The van der Waals surface area contributed by atoms with Gasteiger partial charge in [-0.15, -0.1) is 0 Å². The number of halogens is 2. The molecule has 0 unspecified atom stereocenters. The van der Waals surface area contributed by atoms with Crippen LogP contribution < -0.4 is 60.3 Å². The normalized spacial score (nSPS) is 0. The van der Waals surface area contributed by atoms with Crippen molar-refractivity contribution in [2.45, 2.75) is 0 Å². The Morgan fingerprint density at radius 3 is 0.600 bits per heavy atom. The van der Waals surface area contributed by atoms with Gasteiger partial charge in [0.05, 0.1) is 0 Å². The topological polar surface area (TPSA) is 61.0 Å². The van der Waals surface area contributed by atoms with Gasteiger partial charge >= 0.3 is 21.1 Å². The number of hydrogen-bond acceptors (Lipinski definition) is 0. The van der Waals surface area contributed by atoms with Crippen LogP contribution in [-0.4, -0.2) is 0 Å². The third kappa shape index (κ3) is 23.5. The van der Waals surface area contributed by atoms with E-state index in [2.05, 4.69) is 0 Å². The van der Waals surface area contributed by atoms with Crippen molar-refractivity contribution in [3.63, 3.8) is 0 Å². The van der Waals surface area contributed by atoms with Crippen LogP contribution in [0, 0.1) is 0 Å². The monoisotopic (exact) mass is 477 g/mol. The van der Waals surface area contributed by atoms with Gasteiger partial charge in [-0.2, -0.15) is 0 Å². The molecular weight excluding hydrogens is 477 g/mol. The molecule has 0 heterocycles. The first-order valence-corrected chi connectivity index (χ1v) is 0. The SMILES string of the molecule is [I-].[I-].[N].[N].[Pt+2]. The fraction of sp³-hybridized carbons (Fsp3) is 0. The van der Waals surface area contributed by atoms with Crippen LogP contribution in [0.4, 0.5) is 0 Å². The number of rotatable bonds is 0. The van der Waals surface area contributed by atoms with Gasteiger partial charge in [0, 0.05) is 12.3 Å². The van der Waals surface area contributed by atoms with Crippen molar-refractivity contribution in [2.75, 3.05) is 0 Å². The smallest absolute Gasteiger partial charge is 1.00 e. The Morgan fingerprint density at radius 1 is 0.600 bits per heavy atom. The molecule has 0 aromatic carbocycles. The van der Waals surface area contributed by atoms with E-state index in [1.807, 2.05) is 0 Å².